The van der Waals surface area contributed by atoms with Gasteiger partial charge in [0.15, 0.2) is 0 Å². The number of anilines is 1. The van der Waals surface area contributed by atoms with Crippen molar-refractivity contribution < 1.29 is 4.39 Å². The van der Waals surface area contributed by atoms with Crippen molar-refractivity contribution in [3.63, 3.8) is 0 Å². The molecule has 0 atom stereocenters. The van der Waals surface area contributed by atoms with Crippen molar-refractivity contribution in [2.75, 3.05) is 11.9 Å². The van der Waals surface area contributed by atoms with Crippen molar-refractivity contribution in [1.29, 1.82) is 0 Å². The Balaban J connectivity index is 2.15. The molecule has 0 unspecified atom stereocenters. The first-order valence-electron chi connectivity index (χ1n) is 4.90. The van der Waals surface area contributed by atoms with Crippen LogP contribution in [0.2, 0.25) is 0 Å². The van der Waals surface area contributed by atoms with Crippen LogP contribution in [0.25, 0.3) is 11.0 Å². The van der Waals surface area contributed by atoms with Crippen molar-refractivity contribution >= 4 is 16.7 Å². The summed E-state index contributed by atoms with van der Waals surface area (Å²) in [6, 6.07) is 5.72. The predicted octanol–water partition coefficient (Wildman–Crippen LogP) is 2.72. The Labute approximate surface area is 87.7 Å². The fraction of sp³-hybridized carbons (Fsp3) is 0.364. The summed E-state index contributed by atoms with van der Waals surface area (Å²) in [5, 5.41) is 3.04. The molecule has 1 aromatic heterocycles. The summed E-state index contributed by atoms with van der Waals surface area (Å²) >= 11 is 0. The van der Waals surface area contributed by atoms with Crippen LogP contribution in [0.15, 0.2) is 24.5 Å². The smallest absolute Gasteiger partial charge is 0.122 e. The van der Waals surface area contributed by atoms with Crippen LogP contribution >= 0.6 is 0 Å². The molecule has 2 rings (SSSR count). The fourth-order valence-corrected chi connectivity index (χ4v) is 1.36. The Hall–Kier alpha value is -1.58. The number of imidazole rings is 1. The highest BCUT2D eigenvalue weighted by Gasteiger charge is 2.14. The van der Waals surface area contributed by atoms with Crippen LogP contribution in [-0.4, -0.2) is 22.2 Å². The van der Waals surface area contributed by atoms with Gasteiger partial charge < -0.3 is 10.3 Å². The van der Waals surface area contributed by atoms with Gasteiger partial charge in [-0.3, -0.25) is 0 Å². The third-order valence-electron chi connectivity index (χ3n) is 2.13. The zero-order valence-electron chi connectivity index (χ0n) is 8.84. The van der Waals surface area contributed by atoms with Crippen LogP contribution in [0.1, 0.15) is 13.8 Å². The molecule has 0 aliphatic heterocycles. The van der Waals surface area contributed by atoms with Crippen LogP contribution in [-0.2, 0) is 0 Å². The van der Waals surface area contributed by atoms with Gasteiger partial charge in [0.2, 0.25) is 0 Å². The molecule has 2 N–H and O–H groups in total. The van der Waals surface area contributed by atoms with E-state index < -0.39 is 5.67 Å². The Morgan fingerprint density at radius 3 is 3.00 bits per heavy atom. The Kier molecular flexibility index (Phi) is 2.34. The van der Waals surface area contributed by atoms with E-state index in [2.05, 4.69) is 15.3 Å². The van der Waals surface area contributed by atoms with Gasteiger partial charge in [-0.15, -0.1) is 0 Å². The molecule has 2 aromatic rings. The van der Waals surface area contributed by atoms with E-state index in [-0.39, 0.29) is 0 Å². The molecule has 0 fully saturated rings. The van der Waals surface area contributed by atoms with Gasteiger partial charge in [-0.2, -0.15) is 0 Å². The molecule has 0 spiro atoms. The van der Waals surface area contributed by atoms with E-state index in [1.54, 1.807) is 20.2 Å². The van der Waals surface area contributed by atoms with E-state index in [1.807, 2.05) is 18.2 Å². The number of hydrogen-bond donors (Lipinski definition) is 2. The fourth-order valence-electron chi connectivity index (χ4n) is 1.36. The highest BCUT2D eigenvalue weighted by molar-refractivity contribution is 5.78. The quantitative estimate of drug-likeness (QED) is 0.812. The molecular weight excluding hydrogens is 193 g/mol. The zero-order chi connectivity index (χ0) is 10.9. The van der Waals surface area contributed by atoms with E-state index in [9.17, 15) is 4.39 Å². The lowest BCUT2D eigenvalue weighted by molar-refractivity contribution is 0.235. The number of nitrogens with zero attached hydrogens (tertiary/aromatic N) is 1. The molecule has 15 heavy (non-hydrogen) atoms. The average molecular weight is 207 g/mol. The van der Waals surface area contributed by atoms with E-state index in [0.717, 1.165) is 16.7 Å². The molecule has 80 valence electrons. The van der Waals surface area contributed by atoms with Crippen molar-refractivity contribution in [2.24, 2.45) is 0 Å². The van der Waals surface area contributed by atoms with Crippen LogP contribution in [0.3, 0.4) is 0 Å². The second kappa shape index (κ2) is 3.53. The summed E-state index contributed by atoms with van der Waals surface area (Å²) in [6.45, 7) is 3.40. The summed E-state index contributed by atoms with van der Waals surface area (Å²) in [4.78, 5) is 7.12. The summed E-state index contributed by atoms with van der Waals surface area (Å²) in [7, 11) is 0. The van der Waals surface area contributed by atoms with Crippen molar-refractivity contribution in [3.05, 3.63) is 24.5 Å². The lowest BCUT2D eigenvalue weighted by Crippen LogP contribution is -2.24. The number of halogens is 1. The molecule has 3 nitrogen and oxygen atoms in total. The van der Waals surface area contributed by atoms with Gasteiger partial charge >= 0.3 is 0 Å². The first-order chi connectivity index (χ1) is 7.04. The maximum absolute atomic E-state index is 13.2. The lowest BCUT2D eigenvalue weighted by atomic mass is 10.1. The molecule has 1 heterocycles. The second-order valence-corrected chi connectivity index (χ2v) is 4.21. The van der Waals surface area contributed by atoms with Crippen LogP contribution < -0.4 is 5.32 Å². The monoisotopic (exact) mass is 207 g/mol. The van der Waals surface area contributed by atoms with Crippen molar-refractivity contribution in [3.8, 4) is 0 Å². The number of aromatic nitrogens is 2. The molecule has 1 aromatic carbocycles. The number of rotatable bonds is 3. The topological polar surface area (TPSA) is 40.7 Å². The Bertz CT molecular complexity index is 456. The molecule has 0 amide bonds. The highest BCUT2D eigenvalue weighted by atomic mass is 19.1. The van der Waals surface area contributed by atoms with Gasteiger partial charge in [0.05, 0.1) is 17.4 Å². The molecule has 0 radical (unpaired) electrons. The molecular formula is C11H14FN3. The van der Waals surface area contributed by atoms with Crippen LogP contribution in [0.4, 0.5) is 10.1 Å². The van der Waals surface area contributed by atoms with Crippen molar-refractivity contribution in [1.82, 2.24) is 9.97 Å². The first kappa shape index (κ1) is 9.96. The standard InChI is InChI=1S/C11H14FN3/c1-11(2,12)6-13-8-3-4-9-10(5-8)15-7-14-9/h3-5,7,13H,6H2,1-2H3,(H,14,15). The minimum atomic E-state index is -1.21. The number of H-pyrrole nitrogens is 1. The minimum absolute atomic E-state index is 0.298. The van der Waals surface area contributed by atoms with Gasteiger partial charge in [-0.25, -0.2) is 9.37 Å². The van der Waals surface area contributed by atoms with Gasteiger partial charge in [0.1, 0.15) is 5.67 Å². The second-order valence-electron chi connectivity index (χ2n) is 4.21. The first-order valence-corrected chi connectivity index (χ1v) is 4.90. The molecule has 0 saturated heterocycles. The Morgan fingerprint density at radius 1 is 1.47 bits per heavy atom. The molecule has 0 saturated carbocycles. The largest absolute Gasteiger partial charge is 0.382 e. The maximum atomic E-state index is 13.2. The van der Waals surface area contributed by atoms with E-state index in [0.29, 0.717) is 6.54 Å². The normalized spacial score (nSPS) is 11.9. The van der Waals surface area contributed by atoms with Crippen LogP contribution in [0, 0.1) is 0 Å². The Morgan fingerprint density at radius 2 is 2.27 bits per heavy atom. The molecule has 0 aliphatic carbocycles. The van der Waals surface area contributed by atoms with Crippen molar-refractivity contribution in [2.45, 2.75) is 19.5 Å². The summed E-state index contributed by atoms with van der Waals surface area (Å²) in [5.74, 6) is 0. The van der Waals surface area contributed by atoms with Gasteiger partial charge in [-0.05, 0) is 32.0 Å². The summed E-state index contributed by atoms with van der Waals surface area (Å²) in [5.41, 5.74) is 1.57. The lowest BCUT2D eigenvalue weighted by Gasteiger charge is -2.15. The zero-order valence-corrected chi connectivity index (χ0v) is 8.84. The third kappa shape index (κ3) is 2.46. The minimum Gasteiger partial charge on any atom is -0.382 e. The highest BCUT2D eigenvalue weighted by Crippen LogP contribution is 2.17. The third-order valence-corrected chi connectivity index (χ3v) is 2.13. The van der Waals surface area contributed by atoms with Gasteiger partial charge in [-0.1, -0.05) is 0 Å². The number of nitrogens with one attached hydrogen (secondary N) is 2. The molecule has 0 bridgehead atoms. The van der Waals surface area contributed by atoms with Gasteiger partial charge in [0.25, 0.3) is 0 Å². The number of hydrogen-bond acceptors (Lipinski definition) is 2. The number of aromatic amines is 1. The number of alkyl halides is 1. The number of fused-ring (bicyclic) bond motifs is 1. The summed E-state index contributed by atoms with van der Waals surface area (Å²) in [6.07, 6.45) is 1.65. The van der Waals surface area contributed by atoms with E-state index in [1.165, 1.54) is 0 Å². The number of benzene rings is 1. The average Bonchev–Trinajstić information content (AvgIpc) is 2.60. The van der Waals surface area contributed by atoms with Gasteiger partial charge in [0, 0.05) is 12.2 Å². The maximum Gasteiger partial charge on any atom is 0.122 e. The predicted molar refractivity (Wildman–Crippen MR) is 59.8 cm³/mol. The van der Waals surface area contributed by atoms with E-state index in [4.69, 9.17) is 0 Å². The SMILES string of the molecule is CC(C)(F)CNc1ccc2nc[nH]c2c1. The molecule has 0 aliphatic rings. The molecule has 4 heteroatoms. The van der Waals surface area contributed by atoms with E-state index >= 15 is 0 Å². The summed E-state index contributed by atoms with van der Waals surface area (Å²) < 4.78 is 13.2. The van der Waals surface area contributed by atoms with Crippen LogP contribution in [0.5, 0.6) is 0 Å².